The first-order chi connectivity index (χ1) is 15.3. The van der Waals surface area contributed by atoms with Gasteiger partial charge in [-0.1, -0.05) is 25.0 Å². The van der Waals surface area contributed by atoms with Gasteiger partial charge in [-0.05, 0) is 50.3 Å². The minimum Gasteiger partial charge on any atom is -0.378 e. The molecule has 3 fully saturated rings. The van der Waals surface area contributed by atoms with Crippen molar-refractivity contribution in [1.82, 2.24) is 15.1 Å². The van der Waals surface area contributed by atoms with Crippen molar-refractivity contribution in [2.24, 2.45) is 0 Å². The molecule has 2 unspecified atom stereocenters. The Balaban J connectivity index is 1.52. The molecule has 8 heteroatoms. The van der Waals surface area contributed by atoms with E-state index in [0.29, 0.717) is 32.5 Å². The van der Waals surface area contributed by atoms with Gasteiger partial charge < -0.3 is 19.9 Å². The van der Waals surface area contributed by atoms with Gasteiger partial charge in [0.1, 0.15) is 11.6 Å². The zero-order valence-corrected chi connectivity index (χ0v) is 19.3. The molecule has 4 amide bonds. The number of amides is 4. The van der Waals surface area contributed by atoms with Crippen molar-refractivity contribution in [3.63, 3.8) is 0 Å². The third-order valence-electron chi connectivity index (χ3n) is 6.98. The molecule has 1 aromatic rings. The standard InChI is InChI=1S/C24H34N4O4/c1-17(28-22(30)24(25-23(28)31)12-4-5-13-24)21(29)27(16-20-7-6-14-32-20)15-18-8-10-19(11-9-18)26(2)3/h8-11,17,20H,4-7,12-16H2,1-3H3,(H,25,31). The molecule has 1 aromatic carbocycles. The summed E-state index contributed by atoms with van der Waals surface area (Å²) >= 11 is 0. The van der Waals surface area contributed by atoms with Crippen molar-refractivity contribution in [1.29, 1.82) is 0 Å². The van der Waals surface area contributed by atoms with Gasteiger partial charge in [0.05, 0.1) is 6.10 Å². The molecule has 2 atom stereocenters. The Hall–Kier alpha value is -2.61. The maximum Gasteiger partial charge on any atom is 0.325 e. The Kier molecular flexibility index (Phi) is 6.42. The normalized spacial score (nSPS) is 23.0. The highest BCUT2D eigenvalue weighted by Crippen LogP contribution is 2.36. The number of nitrogens with one attached hydrogen (secondary N) is 1. The predicted molar refractivity (Wildman–Crippen MR) is 121 cm³/mol. The van der Waals surface area contributed by atoms with Gasteiger partial charge in [0.2, 0.25) is 5.91 Å². The molecule has 3 aliphatic rings. The predicted octanol–water partition coefficient (Wildman–Crippen LogP) is 2.51. The van der Waals surface area contributed by atoms with E-state index < -0.39 is 17.6 Å². The summed E-state index contributed by atoms with van der Waals surface area (Å²) in [6, 6.07) is 6.76. The molecule has 1 aliphatic carbocycles. The zero-order valence-electron chi connectivity index (χ0n) is 19.3. The first-order valence-corrected chi connectivity index (χ1v) is 11.6. The van der Waals surface area contributed by atoms with Gasteiger partial charge in [-0.15, -0.1) is 0 Å². The van der Waals surface area contributed by atoms with E-state index >= 15 is 0 Å². The van der Waals surface area contributed by atoms with Crippen LogP contribution in [-0.2, 0) is 20.9 Å². The second-order valence-electron chi connectivity index (χ2n) is 9.49. The molecule has 2 heterocycles. The van der Waals surface area contributed by atoms with Crippen molar-refractivity contribution < 1.29 is 19.1 Å². The number of hydrogen-bond donors (Lipinski definition) is 1. The van der Waals surface area contributed by atoms with Crippen LogP contribution in [0.15, 0.2) is 24.3 Å². The lowest BCUT2D eigenvalue weighted by Crippen LogP contribution is -2.52. The summed E-state index contributed by atoms with van der Waals surface area (Å²) in [5, 5.41) is 2.88. The number of benzene rings is 1. The molecular formula is C24H34N4O4. The average molecular weight is 443 g/mol. The van der Waals surface area contributed by atoms with Crippen LogP contribution in [0.2, 0.25) is 0 Å². The number of carbonyl (C=O) groups is 3. The second-order valence-corrected chi connectivity index (χ2v) is 9.49. The fraction of sp³-hybridized carbons (Fsp3) is 0.625. The van der Waals surface area contributed by atoms with E-state index in [1.165, 1.54) is 0 Å². The number of urea groups is 1. The molecule has 0 radical (unpaired) electrons. The van der Waals surface area contributed by atoms with Crippen LogP contribution < -0.4 is 10.2 Å². The molecule has 0 bridgehead atoms. The number of ether oxygens (including phenoxy) is 1. The molecule has 32 heavy (non-hydrogen) atoms. The highest BCUT2D eigenvalue weighted by molar-refractivity contribution is 6.10. The van der Waals surface area contributed by atoms with Crippen LogP contribution in [0, 0.1) is 0 Å². The highest BCUT2D eigenvalue weighted by Gasteiger charge is 2.54. The highest BCUT2D eigenvalue weighted by atomic mass is 16.5. The van der Waals surface area contributed by atoms with Gasteiger partial charge in [0.25, 0.3) is 5.91 Å². The Morgan fingerprint density at radius 3 is 2.47 bits per heavy atom. The van der Waals surface area contributed by atoms with E-state index in [1.807, 2.05) is 43.3 Å². The first-order valence-electron chi connectivity index (χ1n) is 11.6. The molecule has 174 valence electrons. The maximum absolute atomic E-state index is 13.6. The van der Waals surface area contributed by atoms with Crippen LogP contribution in [-0.4, -0.2) is 72.6 Å². The van der Waals surface area contributed by atoms with E-state index in [1.54, 1.807) is 11.8 Å². The van der Waals surface area contributed by atoms with Crippen LogP contribution in [0.5, 0.6) is 0 Å². The lowest BCUT2D eigenvalue weighted by atomic mass is 9.97. The van der Waals surface area contributed by atoms with Gasteiger partial charge in [-0.3, -0.25) is 9.59 Å². The Morgan fingerprint density at radius 2 is 1.88 bits per heavy atom. The summed E-state index contributed by atoms with van der Waals surface area (Å²) in [6.07, 6.45) is 4.99. The Labute approximate surface area is 189 Å². The minimum atomic E-state index is -0.857. The zero-order chi connectivity index (χ0) is 22.9. The molecule has 1 spiro atoms. The number of nitrogens with zero attached hydrogens (tertiary/aromatic N) is 3. The molecule has 4 rings (SSSR count). The smallest absolute Gasteiger partial charge is 0.325 e. The lowest BCUT2D eigenvalue weighted by Gasteiger charge is -2.31. The summed E-state index contributed by atoms with van der Waals surface area (Å²) in [5.41, 5.74) is 1.27. The molecule has 2 aliphatic heterocycles. The quantitative estimate of drug-likeness (QED) is 0.656. The fourth-order valence-corrected chi connectivity index (χ4v) is 5.07. The SMILES string of the molecule is CC(C(=O)N(Cc1ccc(N(C)C)cc1)CC1CCCO1)N1C(=O)NC2(CCCC2)C1=O. The van der Waals surface area contributed by atoms with Crippen molar-refractivity contribution in [2.75, 3.05) is 32.1 Å². The van der Waals surface area contributed by atoms with Gasteiger partial charge in [0, 0.05) is 39.5 Å². The Bertz CT molecular complexity index is 857. The number of rotatable bonds is 7. The monoisotopic (exact) mass is 442 g/mol. The van der Waals surface area contributed by atoms with Crippen molar-refractivity contribution in [3.05, 3.63) is 29.8 Å². The first kappa shape index (κ1) is 22.6. The summed E-state index contributed by atoms with van der Waals surface area (Å²) in [4.78, 5) is 44.4. The van der Waals surface area contributed by atoms with Crippen molar-refractivity contribution in [2.45, 2.75) is 69.7 Å². The summed E-state index contributed by atoms with van der Waals surface area (Å²) in [6.45, 7) is 3.22. The van der Waals surface area contributed by atoms with Crippen molar-refractivity contribution in [3.8, 4) is 0 Å². The number of carbonyl (C=O) groups excluding carboxylic acids is 3. The molecular weight excluding hydrogens is 408 g/mol. The van der Waals surface area contributed by atoms with E-state index in [4.69, 9.17) is 4.74 Å². The van der Waals surface area contributed by atoms with Gasteiger partial charge in [0.15, 0.2) is 0 Å². The topological polar surface area (TPSA) is 82.2 Å². The number of imide groups is 1. The third-order valence-corrected chi connectivity index (χ3v) is 6.98. The van der Waals surface area contributed by atoms with E-state index in [0.717, 1.165) is 41.8 Å². The number of anilines is 1. The lowest BCUT2D eigenvalue weighted by molar-refractivity contribution is -0.144. The minimum absolute atomic E-state index is 0.0171. The second kappa shape index (κ2) is 9.10. The van der Waals surface area contributed by atoms with E-state index in [9.17, 15) is 14.4 Å². The van der Waals surface area contributed by atoms with E-state index in [-0.39, 0.29) is 17.9 Å². The van der Waals surface area contributed by atoms with Crippen LogP contribution in [0.3, 0.4) is 0 Å². The fourth-order valence-electron chi connectivity index (χ4n) is 5.07. The summed E-state index contributed by atoms with van der Waals surface area (Å²) in [7, 11) is 3.97. The van der Waals surface area contributed by atoms with E-state index in [2.05, 4.69) is 5.32 Å². The van der Waals surface area contributed by atoms with Crippen LogP contribution in [0.1, 0.15) is 51.0 Å². The molecule has 0 aromatic heterocycles. The van der Waals surface area contributed by atoms with Crippen molar-refractivity contribution >= 4 is 23.5 Å². The number of hydrogen-bond acceptors (Lipinski definition) is 5. The molecule has 8 nitrogen and oxygen atoms in total. The van der Waals surface area contributed by atoms with Crippen LogP contribution in [0.4, 0.5) is 10.5 Å². The van der Waals surface area contributed by atoms with Crippen LogP contribution >= 0.6 is 0 Å². The molecule has 1 saturated carbocycles. The maximum atomic E-state index is 13.6. The summed E-state index contributed by atoms with van der Waals surface area (Å²) < 4.78 is 5.79. The van der Waals surface area contributed by atoms with Gasteiger partial charge >= 0.3 is 6.03 Å². The Morgan fingerprint density at radius 1 is 1.19 bits per heavy atom. The van der Waals surface area contributed by atoms with Gasteiger partial charge in [-0.2, -0.15) is 0 Å². The average Bonchev–Trinajstić information content (AvgIpc) is 3.50. The molecule has 1 N–H and O–H groups in total. The molecule has 2 saturated heterocycles. The van der Waals surface area contributed by atoms with Gasteiger partial charge in [-0.25, -0.2) is 9.69 Å². The van der Waals surface area contributed by atoms with Crippen LogP contribution in [0.25, 0.3) is 0 Å². The summed E-state index contributed by atoms with van der Waals surface area (Å²) in [5.74, 6) is -0.482. The largest absolute Gasteiger partial charge is 0.378 e. The third kappa shape index (κ3) is 4.33.